The van der Waals surface area contributed by atoms with Gasteiger partial charge in [-0.15, -0.1) is 0 Å². The van der Waals surface area contributed by atoms with Gasteiger partial charge in [0.25, 0.3) is 0 Å². The summed E-state index contributed by atoms with van der Waals surface area (Å²) < 4.78 is 44.4. The first-order chi connectivity index (χ1) is 9.72. The lowest BCUT2D eigenvalue weighted by atomic mass is 10.2. The molecule has 0 saturated carbocycles. The summed E-state index contributed by atoms with van der Waals surface area (Å²) in [5, 5.41) is 17.2. The van der Waals surface area contributed by atoms with Gasteiger partial charge in [0, 0.05) is 7.11 Å². The molecule has 0 fully saturated rings. The molecule has 0 heterocycles. The third-order valence-corrected chi connectivity index (χ3v) is 4.34. The Kier molecular flexibility index (Phi) is 6.05. The number of halogens is 2. The number of benzene rings is 1. The van der Waals surface area contributed by atoms with Crippen LogP contribution in [0.2, 0.25) is 5.02 Å². The molecule has 10 heteroatoms. The molecule has 1 aromatic carbocycles. The Morgan fingerprint density at radius 1 is 1.52 bits per heavy atom. The second-order valence-electron chi connectivity index (χ2n) is 4.03. The quantitative estimate of drug-likeness (QED) is 0.664. The van der Waals surface area contributed by atoms with Crippen LogP contribution in [0.15, 0.2) is 17.0 Å². The van der Waals surface area contributed by atoms with Gasteiger partial charge < -0.3 is 14.9 Å². The number of rotatable bonds is 7. The van der Waals surface area contributed by atoms with Crippen LogP contribution in [0.5, 0.6) is 0 Å². The largest absolute Gasteiger partial charge is 0.478 e. The number of carboxylic acid groups (broad SMARTS) is 1. The van der Waals surface area contributed by atoms with Gasteiger partial charge in [-0.05, 0) is 12.1 Å². The Hall–Kier alpha value is -1.26. The van der Waals surface area contributed by atoms with Crippen LogP contribution in [-0.4, -0.2) is 51.0 Å². The predicted molar refractivity (Wildman–Crippen MR) is 71.4 cm³/mol. The summed E-state index contributed by atoms with van der Waals surface area (Å²) in [5.74, 6) is -2.74. The molecule has 0 aromatic heterocycles. The molecule has 0 aliphatic carbocycles. The molecular formula is C11H13ClFNO6S. The van der Waals surface area contributed by atoms with Crippen molar-refractivity contribution in [2.45, 2.75) is 10.9 Å². The van der Waals surface area contributed by atoms with Gasteiger partial charge in [-0.2, -0.15) is 0 Å². The van der Waals surface area contributed by atoms with Gasteiger partial charge in [-0.25, -0.2) is 22.3 Å². The zero-order valence-corrected chi connectivity index (χ0v) is 12.4. The molecule has 0 aliphatic heterocycles. The van der Waals surface area contributed by atoms with Crippen molar-refractivity contribution < 1.29 is 32.6 Å². The fraction of sp³-hybridized carbons (Fsp3) is 0.364. The van der Waals surface area contributed by atoms with Crippen LogP contribution in [0.25, 0.3) is 0 Å². The lowest BCUT2D eigenvalue weighted by Gasteiger charge is -2.16. The van der Waals surface area contributed by atoms with Gasteiger partial charge >= 0.3 is 5.97 Å². The van der Waals surface area contributed by atoms with Crippen molar-refractivity contribution in [3.63, 3.8) is 0 Å². The Bertz CT molecular complexity index is 636. The Morgan fingerprint density at radius 3 is 2.62 bits per heavy atom. The van der Waals surface area contributed by atoms with E-state index in [1.54, 1.807) is 0 Å². The van der Waals surface area contributed by atoms with Crippen molar-refractivity contribution in [1.29, 1.82) is 0 Å². The van der Waals surface area contributed by atoms with Gasteiger partial charge in [-0.3, -0.25) is 0 Å². The molecule has 7 nitrogen and oxygen atoms in total. The molecule has 21 heavy (non-hydrogen) atoms. The zero-order chi connectivity index (χ0) is 16.2. The maximum absolute atomic E-state index is 13.5. The highest BCUT2D eigenvalue weighted by Gasteiger charge is 2.24. The third kappa shape index (κ3) is 4.35. The summed E-state index contributed by atoms with van der Waals surface area (Å²) in [6.07, 6.45) is 0. The number of ether oxygens (including phenoxy) is 1. The third-order valence-electron chi connectivity index (χ3n) is 2.45. The smallest absolute Gasteiger partial charge is 0.337 e. The number of aromatic carboxylic acids is 1. The second-order valence-corrected chi connectivity index (χ2v) is 6.12. The molecule has 1 rings (SSSR count). The van der Waals surface area contributed by atoms with Crippen LogP contribution >= 0.6 is 11.6 Å². The van der Waals surface area contributed by atoms with Crippen molar-refractivity contribution >= 4 is 27.6 Å². The summed E-state index contributed by atoms with van der Waals surface area (Å²) in [7, 11) is -2.93. The zero-order valence-electron chi connectivity index (χ0n) is 10.8. The average Bonchev–Trinajstić information content (AvgIpc) is 2.40. The summed E-state index contributed by atoms with van der Waals surface area (Å²) in [6.45, 7) is -0.660. The van der Waals surface area contributed by atoms with E-state index in [9.17, 15) is 17.6 Å². The van der Waals surface area contributed by atoms with E-state index in [0.29, 0.717) is 6.07 Å². The van der Waals surface area contributed by atoms with E-state index in [2.05, 4.69) is 4.72 Å². The Labute approximate surface area is 125 Å². The number of methoxy groups -OCH3 is 1. The molecule has 0 spiro atoms. The van der Waals surface area contributed by atoms with Crippen LogP contribution in [0, 0.1) is 5.82 Å². The molecule has 1 atom stereocenters. The van der Waals surface area contributed by atoms with Crippen LogP contribution < -0.4 is 4.72 Å². The maximum atomic E-state index is 13.5. The fourth-order valence-corrected chi connectivity index (χ4v) is 2.93. The molecule has 0 saturated heterocycles. The minimum Gasteiger partial charge on any atom is -0.478 e. The first-order valence-corrected chi connectivity index (χ1v) is 7.43. The van der Waals surface area contributed by atoms with Crippen molar-refractivity contribution in [2.75, 3.05) is 20.3 Å². The highest BCUT2D eigenvalue weighted by atomic mass is 35.5. The molecule has 1 aromatic rings. The highest BCUT2D eigenvalue weighted by molar-refractivity contribution is 7.89. The monoisotopic (exact) mass is 341 g/mol. The second kappa shape index (κ2) is 7.14. The van der Waals surface area contributed by atoms with E-state index in [4.69, 9.17) is 26.6 Å². The van der Waals surface area contributed by atoms with Crippen LogP contribution in [0.3, 0.4) is 0 Å². The Balaban J connectivity index is 3.23. The standard InChI is InChI=1S/C11H13ClFNO6S/c1-20-5-6(4-15)14-21(18,19)7-2-8(11(16)17)10(12)9(13)3-7/h2-3,6,14-15H,4-5H2,1H3,(H,16,17). The first kappa shape index (κ1) is 17.8. The van der Waals surface area contributed by atoms with Crippen LogP contribution in [0.4, 0.5) is 4.39 Å². The summed E-state index contributed by atoms with van der Waals surface area (Å²) in [5.41, 5.74) is -0.677. The van der Waals surface area contributed by atoms with E-state index >= 15 is 0 Å². The minimum atomic E-state index is -4.24. The number of carboxylic acids is 1. The Morgan fingerprint density at radius 2 is 2.14 bits per heavy atom. The molecular weight excluding hydrogens is 329 g/mol. The topological polar surface area (TPSA) is 113 Å². The van der Waals surface area contributed by atoms with Gasteiger partial charge in [0.1, 0.15) is 5.82 Å². The number of carbonyl (C=O) groups is 1. The molecule has 118 valence electrons. The lowest BCUT2D eigenvalue weighted by Crippen LogP contribution is -2.40. The van der Waals surface area contributed by atoms with Gasteiger partial charge in [-0.1, -0.05) is 11.6 Å². The molecule has 3 N–H and O–H groups in total. The van der Waals surface area contributed by atoms with Crippen molar-refractivity contribution in [1.82, 2.24) is 4.72 Å². The SMILES string of the molecule is COCC(CO)NS(=O)(=O)c1cc(F)c(Cl)c(C(=O)O)c1. The minimum absolute atomic E-state index is 0.114. The van der Waals surface area contributed by atoms with E-state index < -0.39 is 49.9 Å². The van der Waals surface area contributed by atoms with Crippen molar-refractivity contribution in [2.24, 2.45) is 0 Å². The molecule has 1 unspecified atom stereocenters. The lowest BCUT2D eigenvalue weighted by molar-refractivity contribution is 0.0696. The fourth-order valence-electron chi connectivity index (χ4n) is 1.49. The summed E-state index contributed by atoms with van der Waals surface area (Å²) >= 11 is 5.46. The maximum Gasteiger partial charge on any atom is 0.337 e. The van der Waals surface area contributed by atoms with Gasteiger partial charge in [0.2, 0.25) is 10.0 Å². The van der Waals surface area contributed by atoms with Crippen LogP contribution in [0.1, 0.15) is 10.4 Å². The van der Waals surface area contributed by atoms with E-state index in [0.717, 1.165) is 6.07 Å². The number of hydrogen-bond donors (Lipinski definition) is 3. The predicted octanol–water partition coefficient (Wildman–Crippen LogP) is 0.463. The normalized spacial score (nSPS) is 13.1. The number of hydrogen-bond acceptors (Lipinski definition) is 5. The van der Waals surface area contributed by atoms with Gasteiger partial charge in [0.15, 0.2) is 0 Å². The van der Waals surface area contributed by atoms with E-state index in [1.807, 2.05) is 0 Å². The number of sulfonamides is 1. The first-order valence-electron chi connectivity index (χ1n) is 5.57. The average molecular weight is 342 g/mol. The molecule has 0 bridgehead atoms. The molecule has 0 radical (unpaired) electrons. The van der Waals surface area contributed by atoms with E-state index in [-0.39, 0.29) is 6.61 Å². The molecule has 0 aliphatic rings. The number of aliphatic hydroxyl groups excluding tert-OH is 1. The summed E-state index contributed by atoms with van der Waals surface area (Å²) in [6, 6.07) is 0.377. The summed E-state index contributed by atoms with van der Waals surface area (Å²) in [4.78, 5) is 10.3. The number of aliphatic hydroxyl groups is 1. The van der Waals surface area contributed by atoms with Gasteiger partial charge in [0.05, 0.1) is 34.7 Å². The van der Waals surface area contributed by atoms with Crippen LogP contribution in [-0.2, 0) is 14.8 Å². The van der Waals surface area contributed by atoms with Crippen molar-refractivity contribution in [3.05, 3.63) is 28.5 Å². The van der Waals surface area contributed by atoms with Crippen molar-refractivity contribution in [3.8, 4) is 0 Å². The number of nitrogens with one attached hydrogen (secondary N) is 1. The molecule has 0 amide bonds. The highest BCUT2D eigenvalue weighted by Crippen LogP contribution is 2.24. The van der Waals surface area contributed by atoms with E-state index in [1.165, 1.54) is 7.11 Å².